The summed E-state index contributed by atoms with van der Waals surface area (Å²) in [6.45, 7) is 0.754. The summed E-state index contributed by atoms with van der Waals surface area (Å²) in [7, 11) is 2.02. The number of rotatable bonds is 2. The van der Waals surface area contributed by atoms with Crippen LogP contribution in [-0.4, -0.2) is 51.4 Å². The zero-order valence-electron chi connectivity index (χ0n) is 9.22. The summed E-state index contributed by atoms with van der Waals surface area (Å²) in [5.41, 5.74) is 0. The first-order valence-electron chi connectivity index (χ1n) is 5.47. The van der Waals surface area contributed by atoms with E-state index in [0.717, 1.165) is 17.8 Å². The number of hydrogen-bond acceptors (Lipinski definition) is 4. The molecule has 1 saturated heterocycles. The molecule has 5 nitrogen and oxygen atoms in total. The van der Waals surface area contributed by atoms with Crippen LogP contribution < -0.4 is 0 Å². The maximum Gasteiger partial charge on any atom is 0.408 e. The van der Waals surface area contributed by atoms with Crippen LogP contribution in [0.15, 0.2) is 0 Å². The van der Waals surface area contributed by atoms with Crippen molar-refractivity contribution in [1.82, 2.24) is 25.1 Å². The normalized spacial score (nSPS) is 32.8. The van der Waals surface area contributed by atoms with Crippen LogP contribution >= 0.6 is 0 Å². The molecule has 1 saturated carbocycles. The van der Waals surface area contributed by atoms with Crippen molar-refractivity contribution in [3.63, 3.8) is 0 Å². The van der Waals surface area contributed by atoms with Gasteiger partial charge in [0.2, 0.25) is 0 Å². The number of piperidine rings is 1. The Kier molecular flexibility index (Phi) is 2.19. The predicted octanol–water partition coefficient (Wildman–Crippen LogP) is 0.510. The van der Waals surface area contributed by atoms with Gasteiger partial charge in [-0.15, -0.1) is 5.10 Å². The molecule has 1 aromatic heterocycles. The SMILES string of the molecule is CN1C[C@@H]2C(c3nnnn3CC(F)(F)F)[C@@H]2C1. The summed E-state index contributed by atoms with van der Waals surface area (Å²) in [4.78, 5) is 2.18. The number of alkyl halides is 3. The average Bonchev–Trinajstić information content (AvgIpc) is 2.62. The molecular weight excluding hydrogens is 235 g/mol. The van der Waals surface area contributed by atoms with E-state index in [1.807, 2.05) is 7.05 Å². The zero-order valence-corrected chi connectivity index (χ0v) is 9.22. The van der Waals surface area contributed by atoms with Crippen molar-refractivity contribution in [3.05, 3.63) is 5.82 Å². The molecule has 17 heavy (non-hydrogen) atoms. The van der Waals surface area contributed by atoms with Crippen LogP contribution in [0.25, 0.3) is 0 Å². The lowest BCUT2D eigenvalue weighted by Crippen LogP contribution is -2.23. The molecule has 3 rings (SSSR count). The molecule has 8 heteroatoms. The number of likely N-dealkylation sites (tertiary alicyclic amines) is 1. The van der Waals surface area contributed by atoms with E-state index in [1.165, 1.54) is 0 Å². The van der Waals surface area contributed by atoms with Crippen molar-refractivity contribution in [2.75, 3.05) is 20.1 Å². The second kappa shape index (κ2) is 3.41. The molecular formula is C9H12F3N5. The molecule has 3 atom stereocenters. The number of hydrogen-bond donors (Lipinski definition) is 0. The Balaban J connectivity index is 1.76. The van der Waals surface area contributed by atoms with Gasteiger partial charge in [0, 0.05) is 19.0 Å². The first-order chi connectivity index (χ1) is 7.96. The molecule has 0 amide bonds. The van der Waals surface area contributed by atoms with E-state index in [0.29, 0.717) is 17.7 Å². The molecule has 1 aliphatic carbocycles. The van der Waals surface area contributed by atoms with Gasteiger partial charge in [-0.3, -0.25) is 0 Å². The van der Waals surface area contributed by atoms with E-state index in [1.54, 1.807) is 0 Å². The Morgan fingerprint density at radius 3 is 2.53 bits per heavy atom. The lowest BCUT2D eigenvalue weighted by molar-refractivity contribution is -0.143. The van der Waals surface area contributed by atoms with Crippen molar-refractivity contribution < 1.29 is 13.2 Å². The van der Waals surface area contributed by atoms with E-state index in [9.17, 15) is 13.2 Å². The van der Waals surface area contributed by atoms with Crippen molar-refractivity contribution >= 4 is 0 Å². The molecule has 2 heterocycles. The maximum atomic E-state index is 12.3. The van der Waals surface area contributed by atoms with Crippen molar-refractivity contribution in [3.8, 4) is 0 Å². The highest BCUT2D eigenvalue weighted by molar-refractivity contribution is 5.19. The number of halogens is 3. The average molecular weight is 247 g/mol. The third kappa shape index (κ3) is 1.90. The van der Waals surface area contributed by atoms with E-state index < -0.39 is 12.7 Å². The van der Waals surface area contributed by atoms with Crippen LogP contribution in [0.4, 0.5) is 13.2 Å². The van der Waals surface area contributed by atoms with Gasteiger partial charge >= 0.3 is 6.18 Å². The highest BCUT2D eigenvalue weighted by Gasteiger charge is 2.58. The minimum Gasteiger partial charge on any atom is -0.306 e. The van der Waals surface area contributed by atoms with Gasteiger partial charge in [-0.2, -0.15) is 13.2 Å². The zero-order chi connectivity index (χ0) is 12.2. The third-order valence-electron chi connectivity index (χ3n) is 3.56. The lowest BCUT2D eigenvalue weighted by atomic mass is 10.2. The summed E-state index contributed by atoms with van der Waals surface area (Å²) in [5, 5.41) is 10.5. The fourth-order valence-corrected chi connectivity index (χ4v) is 2.85. The Morgan fingerprint density at radius 1 is 1.29 bits per heavy atom. The molecule has 2 fully saturated rings. The molecule has 0 radical (unpaired) electrons. The van der Waals surface area contributed by atoms with Gasteiger partial charge in [0.05, 0.1) is 0 Å². The van der Waals surface area contributed by atoms with Crippen LogP contribution in [0.2, 0.25) is 0 Å². The van der Waals surface area contributed by atoms with Crippen molar-refractivity contribution in [2.24, 2.45) is 11.8 Å². The van der Waals surface area contributed by atoms with E-state index in [-0.39, 0.29) is 5.92 Å². The summed E-state index contributed by atoms with van der Waals surface area (Å²) in [5.74, 6) is 1.37. The number of aromatic nitrogens is 4. The molecule has 1 aliphatic heterocycles. The number of nitrogens with zero attached hydrogens (tertiary/aromatic N) is 5. The minimum absolute atomic E-state index is 0.114. The molecule has 1 unspecified atom stereocenters. The largest absolute Gasteiger partial charge is 0.408 e. The van der Waals surface area contributed by atoms with Gasteiger partial charge in [-0.1, -0.05) is 0 Å². The van der Waals surface area contributed by atoms with E-state index in [4.69, 9.17) is 0 Å². The second-order valence-corrected chi connectivity index (χ2v) is 4.88. The Hall–Kier alpha value is -1.18. The Bertz CT molecular complexity index is 417. The highest BCUT2D eigenvalue weighted by atomic mass is 19.4. The third-order valence-corrected chi connectivity index (χ3v) is 3.56. The molecule has 94 valence electrons. The van der Waals surface area contributed by atoms with Crippen LogP contribution in [0, 0.1) is 11.8 Å². The molecule has 1 aromatic rings. The van der Waals surface area contributed by atoms with Gasteiger partial charge in [-0.25, -0.2) is 4.68 Å². The molecule has 2 aliphatic rings. The van der Waals surface area contributed by atoms with Gasteiger partial charge in [0.15, 0.2) is 5.82 Å². The number of fused-ring (bicyclic) bond motifs is 1. The topological polar surface area (TPSA) is 46.8 Å². The molecule has 0 spiro atoms. The quantitative estimate of drug-likeness (QED) is 0.764. The molecule has 0 bridgehead atoms. The molecule has 0 aromatic carbocycles. The Morgan fingerprint density at radius 2 is 1.94 bits per heavy atom. The van der Waals surface area contributed by atoms with Crippen LogP contribution in [0.3, 0.4) is 0 Å². The Labute approximate surface area is 95.6 Å². The summed E-state index contributed by atoms with van der Waals surface area (Å²) < 4.78 is 37.8. The predicted molar refractivity (Wildman–Crippen MR) is 51.1 cm³/mol. The van der Waals surface area contributed by atoms with Crippen molar-refractivity contribution in [1.29, 1.82) is 0 Å². The van der Waals surface area contributed by atoms with Gasteiger partial charge in [-0.05, 0) is 29.3 Å². The van der Waals surface area contributed by atoms with Gasteiger partial charge < -0.3 is 4.90 Å². The summed E-state index contributed by atoms with van der Waals surface area (Å²) in [6, 6.07) is 0. The summed E-state index contributed by atoms with van der Waals surface area (Å²) >= 11 is 0. The number of tetrazole rings is 1. The van der Waals surface area contributed by atoms with Crippen LogP contribution in [0.5, 0.6) is 0 Å². The summed E-state index contributed by atoms with van der Waals surface area (Å²) in [6.07, 6.45) is -4.27. The monoisotopic (exact) mass is 247 g/mol. The fraction of sp³-hybridized carbons (Fsp3) is 0.889. The van der Waals surface area contributed by atoms with Crippen LogP contribution in [0.1, 0.15) is 11.7 Å². The molecule has 0 N–H and O–H groups in total. The van der Waals surface area contributed by atoms with Crippen LogP contribution in [-0.2, 0) is 6.54 Å². The standard InChI is InChI=1S/C9H12F3N5/c1-16-2-5-6(3-16)7(5)8-13-14-15-17(8)4-9(10,11)12/h5-7H,2-4H2,1H3/t5-,6+,7?. The minimum atomic E-state index is -4.27. The highest BCUT2D eigenvalue weighted by Crippen LogP contribution is 2.57. The van der Waals surface area contributed by atoms with Gasteiger partial charge in [0.25, 0.3) is 0 Å². The fourth-order valence-electron chi connectivity index (χ4n) is 2.85. The first-order valence-corrected chi connectivity index (χ1v) is 5.47. The first kappa shape index (κ1) is 10.9. The second-order valence-electron chi connectivity index (χ2n) is 4.88. The smallest absolute Gasteiger partial charge is 0.306 e. The van der Waals surface area contributed by atoms with E-state index >= 15 is 0 Å². The maximum absolute atomic E-state index is 12.3. The lowest BCUT2D eigenvalue weighted by Gasteiger charge is -2.13. The van der Waals surface area contributed by atoms with E-state index in [2.05, 4.69) is 20.4 Å². The van der Waals surface area contributed by atoms with Gasteiger partial charge in [0.1, 0.15) is 6.54 Å². The van der Waals surface area contributed by atoms with Crippen molar-refractivity contribution in [2.45, 2.75) is 18.6 Å².